The van der Waals surface area contributed by atoms with Gasteiger partial charge in [-0.3, -0.25) is 4.79 Å². The summed E-state index contributed by atoms with van der Waals surface area (Å²) in [6.45, 7) is 3.62. The molecule has 0 aromatic heterocycles. The maximum atomic E-state index is 12.5. The second kappa shape index (κ2) is 8.10. The highest BCUT2D eigenvalue weighted by atomic mass is 35.5. The SMILES string of the molecule is CC1CNCCC1NS(=O)(=O)c1cccc(C(=O)N(C)C)c1.Cl. The fourth-order valence-corrected chi connectivity index (χ4v) is 3.94. The topological polar surface area (TPSA) is 78.5 Å². The van der Waals surface area contributed by atoms with Crippen molar-refractivity contribution < 1.29 is 13.2 Å². The van der Waals surface area contributed by atoms with Crippen LogP contribution in [0.25, 0.3) is 0 Å². The first-order valence-corrected chi connectivity index (χ1v) is 8.84. The van der Waals surface area contributed by atoms with E-state index in [1.807, 2.05) is 6.92 Å². The Labute approximate surface area is 144 Å². The van der Waals surface area contributed by atoms with E-state index in [9.17, 15) is 13.2 Å². The van der Waals surface area contributed by atoms with Crippen LogP contribution in [-0.2, 0) is 10.0 Å². The van der Waals surface area contributed by atoms with Gasteiger partial charge in [-0.25, -0.2) is 13.1 Å². The lowest BCUT2D eigenvalue weighted by Crippen LogP contribution is -2.48. The summed E-state index contributed by atoms with van der Waals surface area (Å²) in [7, 11) is -0.348. The van der Waals surface area contributed by atoms with Crippen LogP contribution >= 0.6 is 12.4 Å². The minimum atomic E-state index is -3.62. The van der Waals surface area contributed by atoms with Crippen LogP contribution in [0.1, 0.15) is 23.7 Å². The molecule has 1 amide bonds. The molecule has 8 heteroatoms. The lowest BCUT2D eigenvalue weighted by atomic mass is 9.97. The van der Waals surface area contributed by atoms with Gasteiger partial charge in [0.25, 0.3) is 5.91 Å². The number of hydrogen-bond acceptors (Lipinski definition) is 4. The smallest absolute Gasteiger partial charge is 0.253 e. The molecule has 2 atom stereocenters. The molecule has 1 fully saturated rings. The summed E-state index contributed by atoms with van der Waals surface area (Å²) in [5, 5.41) is 3.24. The monoisotopic (exact) mass is 361 g/mol. The van der Waals surface area contributed by atoms with Crippen LogP contribution in [-0.4, -0.2) is 52.5 Å². The first-order valence-electron chi connectivity index (χ1n) is 7.36. The van der Waals surface area contributed by atoms with Crippen LogP contribution in [0.2, 0.25) is 0 Å². The minimum Gasteiger partial charge on any atom is -0.345 e. The van der Waals surface area contributed by atoms with Gasteiger partial charge in [-0.15, -0.1) is 12.4 Å². The molecule has 0 bridgehead atoms. The predicted molar refractivity (Wildman–Crippen MR) is 92.5 cm³/mol. The van der Waals surface area contributed by atoms with Gasteiger partial charge in [0.05, 0.1) is 4.90 Å². The maximum Gasteiger partial charge on any atom is 0.253 e. The fourth-order valence-electron chi connectivity index (χ4n) is 2.51. The maximum absolute atomic E-state index is 12.5. The molecule has 1 heterocycles. The Kier molecular flexibility index (Phi) is 7.01. The molecule has 130 valence electrons. The van der Waals surface area contributed by atoms with Gasteiger partial charge in [-0.2, -0.15) is 0 Å². The number of rotatable bonds is 4. The van der Waals surface area contributed by atoms with Crippen molar-refractivity contribution in [3.05, 3.63) is 29.8 Å². The van der Waals surface area contributed by atoms with E-state index in [2.05, 4.69) is 10.0 Å². The van der Waals surface area contributed by atoms with Crippen molar-refractivity contribution in [2.45, 2.75) is 24.3 Å². The second-order valence-corrected chi connectivity index (χ2v) is 7.64. The van der Waals surface area contributed by atoms with Crippen molar-refractivity contribution in [3.8, 4) is 0 Å². The van der Waals surface area contributed by atoms with Crippen molar-refractivity contribution in [1.29, 1.82) is 0 Å². The molecule has 0 spiro atoms. The van der Waals surface area contributed by atoms with E-state index in [0.29, 0.717) is 5.56 Å². The Bertz CT molecular complexity index is 649. The van der Waals surface area contributed by atoms with Gasteiger partial charge in [0.1, 0.15) is 0 Å². The number of benzene rings is 1. The molecular formula is C15H24ClN3O3S. The third kappa shape index (κ3) is 4.91. The number of carbonyl (C=O) groups is 1. The Hall–Kier alpha value is -1.15. The third-order valence-corrected chi connectivity index (χ3v) is 5.38. The van der Waals surface area contributed by atoms with Crippen LogP contribution in [0.15, 0.2) is 29.2 Å². The van der Waals surface area contributed by atoms with E-state index in [-0.39, 0.29) is 35.2 Å². The van der Waals surface area contributed by atoms with Gasteiger partial charge in [0.15, 0.2) is 0 Å². The van der Waals surface area contributed by atoms with Gasteiger partial charge < -0.3 is 10.2 Å². The molecule has 2 rings (SSSR count). The Morgan fingerprint density at radius 3 is 2.65 bits per heavy atom. The Balaban J connectivity index is 0.00000264. The Morgan fingerprint density at radius 2 is 2.04 bits per heavy atom. The molecule has 2 unspecified atom stereocenters. The van der Waals surface area contributed by atoms with E-state index in [1.165, 1.54) is 17.0 Å². The van der Waals surface area contributed by atoms with E-state index in [1.54, 1.807) is 26.2 Å². The van der Waals surface area contributed by atoms with Crippen molar-refractivity contribution in [2.24, 2.45) is 5.92 Å². The lowest BCUT2D eigenvalue weighted by Gasteiger charge is -2.30. The van der Waals surface area contributed by atoms with E-state index in [0.717, 1.165) is 19.5 Å². The number of carbonyl (C=O) groups excluding carboxylic acids is 1. The van der Waals surface area contributed by atoms with Crippen molar-refractivity contribution in [1.82, 2.24) is 14.9 Å². The van der Waals surface area contributed by atoms with E-state index in [4.69, 9.17) is 0 Å². The zero-order valence-corrected chi connectivity index (χ0v) is 15.2. The average molecular weight is 362 g/mol. The average Bonchev–Trinajstić information content (AvgIpc) is 2.48. The van der Waals surface area contributed by atoms with E-state index >= 15 is 0 Å². The van der Waals surface area contributed by atoms with Gasteiger partial charge >= 0.3 is 0 Å². The van der Waals surface area contributed by atoms with Gasteiger partial charge in [-0.1, -0.05) is 13.0 Å². The van der Waals surface area contributed by atoms with Crippen molar-refractivity contribution in [3.63, 3.8) is 0 Å². The molecule has 2 N–H and O–H groups in total. The summed E-state index contributed by atoms with van der Waals surface area (Å²) in [6, 6.07) is 6.07. The quantitative estimate of drug-likeness (QED) is 0.841. The molecule has 1 aromatic rings. The van der Waals surface area contributed by atoms with Crippen molar-refractivity contribution >= 4 is 28.3 Å². The second-order valence-electron chi connectivity index (χ2n) is 5.93. The molecule has 6 nitrogen and oxygen atoms in total. The zero-order valence-electron chi connectivity index (χ0n) is 13.6. The zero-order chi connectivity index (χ0) is 16.3. The Morgan fingerprint density at radius 1 is 1.35 bits per heavy atom. The summed E-state index contributed by atoms with van der Waals surface area (Å²) in [5.74, 6) is 0.0161. The number of halogens is 1. The number of nitrogens with one attached hydrogen (secondary N) is 2. The molecule has 1 aromatic carbocycles. The number of piperidine rings is 1. The first-order chi connectivity index (χ1) is 10.3. The number of amides is 1. The molecule has 0 saturated carbocycles. The molecular weight excluding hydrogens is 338 g/mol. The predicted octanol–water partition coefficient (Wildman–Crippen LogP) is 1.09. The van der Waals surface area contributed by atoms with Crippen LogP contribution < -0.4 is 10.0 Å². The molecule has 1 aliphatic heterocycles. The minimum absolute atomic E-state index is 0. The summed E-state index contributed by atoms with van der Waals surface area (Å²) in [4.78, 5) is 13.5. The molecule has 1 saturated heterocycles. The summed E-state index contributed by atoms with van der Waals surface area (Å²) >= 11 is 0. The fraction of sp³-hybridized carbons (Fsp3) is 0.533. The molecule has 1 aliphatic rings. The van der Waals surface area contributed by atoms with Crippen LogP contribution in [0, 0.1) is 5.92 Å². The van der Waals surface area contributed by atoms with Crippen LogP contribution in [0.5, 0.6) is 0 Å². The lowest BCUT2D eigenvalue weighted by molar-refractivity contribution is 0.0827. The normalized spacial score (nSPS) is 21.3. The summed E-state index contributed by atoms with van der Waals surface area (Å²) in [6.07, 6.45) is 0.761. The summed E-state index contributed by atoms with van der Waals surface area (Å²) in [5.41, 5.74) is 0.367. The number of sulfonamides is 1. The highest BCUT2D eigenvalue weighted by Crippen LogP contribution is 2.17. The van der Waals surface area contributed by atoms with Crippen LogP contribution in [0.4, 0.5) is 0 Å². The highest BCUT2D eigenvalue weighted by Gasteiger charge is 2.27. The van der Waals surface area contributed by atoms with Crippen molar-refractivity contribution in [2.75, 3.05) is 27.2 Å². The standard InChI is InChI=1S/C15H23N3O3S.ClH/c1-11-10-16-8-7-14(11)17-22(20,21)13-6-4-5-12(9-13)15(19)18(2)3;/h4-6,9,11,14,16-17H,7-8,10H2,1-3H3;1H. The van der Waals surface area contributed by atoms with Gasteiger partial charge in [-0.05, 0) is 43.6 Å². The van der Waals surface area contributed by atoms with E-state index < -0.39 is 10.0 Å². The third-order valence-electron chi connectivity index (χ3n) is 3.89. The molecule has 23 heavy (non-hydrogen) atoms. The number of nitrogens with zero attached hydrogens (tertiary/aromatic N) is 1. The highest BCUT2D eigenvalue weighted by molar-refractivity contribution is 7.89. The molecule has 0 aliphatic carbocycles. The number of hydrogen-bond donors (Lipinski definition) is 2. The van der Waals surface area contributed by atoms with Gasteiger partial charge in [0.2, 0.25) is 10.0 Å². The first kappa shape index (κ1) is 19.9. The summed E-state index contributed by atoms with van der Waals surface area (Å²) < 4.78 is 27.8. The largest absolute Gasteiger partial charge is 0.345 e. The van der Waals surface area contributed by atoms with Crippen LogP contribution in [0.3, 0.4) is 0 Å². The van der Waals surface area contributed by atoms with Gasteiger partial charge in [0, 0.05) is 25.7 Å². The molecule has 0 radical (unpaired) electrons.